The van der Waals surface area contributed by atoms with E-state index in [1.54, 1.807) is 36.4 Å². The number of hydrogen-bond donors (Lipinski definition) is 1. The number of unbranched alkanes of at least 4 members (excludes halogenated alkanes) is 1. The van der Waals surface area contributed by atoms with Crippen LogP contribution in [0.2, 0.25) is 5.02 Å². The highest BCUT2D eigenvalue weighted by Gasteiger charge is 2.30. The number of carbonyl (C=O) groups excluding carboxylic acids is 2. The van der Waals surface area contributed by atoms with Gasteiger partial charge < -0.3 is 10.2 Å². The van der Waals surface area contributed by atoms with Gasteiger partial charge in [0.1, 0.15) is 11.9 Å². The third-order valence-electron chi connectivity index (χ3n) is 5.64. The second kappa shape index (κ2) is 12.9. The third-order valence-corrected chi connectivity index (χ3v) is 5.88. The number of nitrogens with one attached hydrogen (secondary N) is 1. The summed E-state index contributed by atoms with van der Waals surface area (Å²) in [5.41, 5.74) is 2.02. The van der Waals surface area contributed by atoms with Crippen LogP contribution in [0.3, 0.4) is 0 Å². The Balaban J connectivity index is 1.95. The Hall–Kier alpha value is -3.18. The monoisotopic (exact) mass is 480 g/mol. The molecule has 3 aromatic rings. The van der Waals surface area contributed by atoms with Crippen molar-refractivity contribution >= 4 is 23.4 Å². The average Bonchev–Trinajstić information content (AvgIpc) is 2.83. The Labute approximate surface area is 205 Å². The molecule has 1 atom stereocenters. The largest absolute Gasteiger partial charge is 0.354 e. The Morgan fingerprint density at radius 2 is 1.68 bits per heavy atom. The van der Waals surface area contributed by atoms with Gasteiger partial charge in [-0.1, -0.05) is 85.6 Å². The maximum absolute atomic E-state index is 14.6. The van der Waals surface area contributed by atoms with E-state index in [1.165, 1.54) is 11.0 Å². The predicted octanol–water partition coefficient (Wildman–Crippen LogP) is 5.58. The molecule has 0 saturated heterocycles. The van der Waals surface area contributed by atoms with Crippen molar-refractivity contribution in [2.24, 2.45) is 0 Å². The molecule has 0 heterocycles. The minimum absolute atomic E-state index is 0.00916. The lowest BCUT2D eigenvalue weighted by Gasteiger charge is -2.32. The van der Waals surface area contributed by atoms with E-state index in [-0.39, 0.29) is 24.8 Å². The summed E-state index contributed by atoms with van der Waals surface area (Å²) in [4.78, 5) is 28.4. The van der Waals surface area contributed by atoms with E-state index in [4.69, 9.17) is 11.6 Å². The molecule has 0 aromatic heterocycles. The second-order valence-corrected chi connectivity index (χ2v) is 8.71. The van der Waals surface area contributed by atoms with Crippen LogP contribution in [0.25, 0.3) is 0 Å². The van der Waals surface area contributed by atoms with Crippen molar-refractivity contribution in [1.82, 2.24) is 10.2 Å². The van der Waals surface area contributed by atoms with Gasteiger partial charge in [-0.2, -0.15) is 0 Å². The lowest BCUT2D eigenvalue weighted by molar-refractivity contribution is -0.140. The SMILES string of the molecule is CCCCNC(=O)[C@@H](Cc1ccccc1)N(Cc1ccccc1F)C(=O)Cc1cccc(Cl)c1. The average molecular weight is 481 g/mol. The second-order valence-electron chi connectivity index (χ2n) is 8.27. The molecule has 1 N–H and O–H groups in total. The fraction of sp³-hybridized carbons (Fsp3) is 0.286. The smallest absolute Gasteiger partial charge is 0.243 e. The zero-order valence-corrected chi connectivity index (χ0v) is 20.1. The van der Waals surface area contributed by atoms with Crippen LogP contribution >= 0.6 is 11.6 Å². The molecule has 0 spiro atoms. The lowest BCUT2D eigenvalue weighted by Crippen LogP contribution is -2.51. The Morgan fingerprint density at radius 1 is 0.971 bits per heavy atom. The normalized spacial score (nSPS) is 11.6. The summed E-state index contributed by atoms with van der Waals surface area (Å²) < 4.78 is 14.6. The lowest BCUT2D eigenvalue weighted by atomic mass is 10.0. The number of nitrogens with zero attached hydrogens (tertiary/aromatic N) is 1. The highest BCUT2D eigenvalue weighted by atomic mass is 35.5. The first-order valence-corrected chi connectivity index (χ1v) is 11.9. The third kappa shape index (κ3) is 7.42. The van der Waals surface area contributed by atoms with E-state index in [2.05, 4.69) is 5.32 Å². The molecule has 0 unspecified atom stereocenters. The fourth-order valence-electron chi connectivity index (χ4n) is 3.79. The predicted molar refractivity (Wildman–Crippen MR) is 134 cm³/mol. The first-order valence-electron chi connectivity index (χ1n) is 11.6. The number of hydrogen-bond acceptors (Lipinski definition) is 2. The number of amides is 2. The van der Waals surface area contributed by atoms with Crippen molar-refractivity contribution in [2.75, 3.05) is 6.54 Å². The number of carbonyl (C=O) groups is 2. The topological polar surface area (TPSA) is 49.4 Å². The molecule has 0 saturated carbocycles. The van der Waals surface area contributed by atoms with Crippen LogP contribution in [0.4, 0.5) is 4.39 Å². The zero-order valence-electron chi connectivity index (χ0n) is 19.3. The number of halogens is 2. The van der Waals surface area contributed by atoms with Gasteiger partial charge in [-0.3, -0.25) is 9.59 Å². The number of rotatable bonds is 11. The molecule has 3 aromatic carbocycles. The Bertz CT molecular complexity index is 1090. The maximum Gasteiger partial charge on any atom is 0.243 e. The molecule has 0 fully saturated rings. The molecular weight excluding hydrogens is 451 g/mol. The summed E-state index contributed by atoms with van der Waals surface area (Å²) in [6.45, 7) is 2.56. The standard InChI is InChI=1S/C28H30ClFN2O2/c1-2-3-16-31-28(34)26(18-21-10-5-4-6-11-21)32(20-23-13-7-8-15-25(23)30)27(33)19-22-12-9-14-24(29)17-22/h4-15,17,26H,2-3,16,18-20H2,1H3,(H,31,34)/t26-/m1/s1. The zero-order chi connectivity index (χ0) is 24.3. The van der Waals surface area contributed by atoms with Crippen LogP contribution in [-0.4, -0.2) is 29.3 Å². The quantitative estimate of drug-likeness (QED) is 0.364. The minimum atomic E-state index is -0.787. The van der Waals surface area contributed by atoms with Gasteiger partial charge in [0, 0.05) is 30.1 Å². The number of benzene rings is 3. The molecule has 0 bridgehead atoms. The van der Waals surface area contributed by atoms with Gasteiger partial charge in [0.25, 0.3) is 0 Å². The summed E-state index contributed by atoms with van der Waals surface area (Å²) in [5.74, 6) is -0.918. The Morgan fingerprint density at radius 3 is 2.38 bits per heavy atom. The highest BCUT2D eigenvalue weighted by molar-refractivity contribution is 6.30. The molecule has 6 heteroatoms. The fourth-order valence-corrected chi connectivity index (χ4v) is 4.01. The summed E-state index contributed by atoms with van der Waals surface area (Å²) in [6, 6.07) is 22.2. The summed E-state index contributed by atoms with van der Waals surface area (Å²) in [5, 5.41) is 3.50. The molecule has 3 rings (SSSR count). The van der Waals surface area contributed by atoms with E-state index in [1.807, 2.05) is 43.3 Å². The van der Waals surface area contributed by atoms with E-state index in [9.17, 15) is 14.0 Å². The van der Waals surface area contributed by atoms with Crippen molar-refractivity contribution in [1.29, 1.82) is 0 Å². The van der Waals surface area contributed by atoms with Gasteiger partial charge in [0.05, 0.1) is 6.42 Å². The summed E-state index contributed by atoms with van der Waals surface area (Å²) >= 11 is 6.11. The minimum Gasteiger partial charge on any atom is -0.354 e. The molecule has 0 aliphatic heterocycles. The highest BCUT2D eigenvalue weighted by Crippen LogP contribution is 2.19. The van der Waals surface area contributed by atoms with Crippen molar-refractivity contribution in [2.45, 2.75) is 45.2 Å². The van der Waals surface area contributed by atoms with Gasteiger partial charge in [-0.05, 0) is 35.7 Å². The van der Waals surface area contributed by atoms with Crippen molar-refractivity contribution in [3.05, 3.63) is 106 Å². The van der Waals surface area contributed by atoms with Crippen LogP contribution in [0.15, 0.2) is 78.9 Å². The van der Waals surface area contributed by atoms with Gasteiger partial charge in [-0.15, -0.1) is 0 Å². The first kappa shape index (κ1) is 25.4. The van der Waals surface area contributed by atoms with Crippen LogP contribution in [0.1, 0.15) is 36.5 Å². The van der Waals surface area contributed by atoms with E-state index < -0.39 is 11.9 Å². The van der Waals surface area contributed by atoms with Crippen LogP contribution in [0.5, 0.6) is 0 Å². The van der Waals surface area contributed by atoms with Crippen LogP contribution in [-0.2, 0) is 29.0 Å². The molecule has 2 amide bonds. The van der Waals surface area contributed by atoms with Crippen LogP contribution < -0.4 is 5.32 Å². The van der Waals surface area contributed by atoms with E-state index in [0.717, 1.165) is 24.0 Å². The molecule has 34 heavy (non-hydrogen) atoms. The van der Waals surface area contributed by atoms with Crippen molar-refractivity contribution in [3.8, 4) is 0 Å². The summed E-state index contributed by atoms with van der Waals surface area (Å²) in [7, 11) is 0. The van der Waals surface area contributed by atoms with Crippen LogP contribution in [0, 0.1) is 5.82 Å². The van der Waals surface area contributed by atoms with Crippen molar-refractivity contribution in [3.63, 3.8) is 0 Å². The molecule has 4 nitrogen and oxygen atoms in total. The summed E-state index contributed by atoms with van der Waals surface area (Å²) in [6.07, 6.45) is 2.17. The maximum atomic E-state index is 14.6. The van der Waals surface area contributed by atoms with Gasteiger partial charge in [-0.25, -0.2) is 4.39 Å². The first-order chi connectivity index (χ1) is 16.5. The van der Waals surface area contributed by atoms with Crippen molar-refractivity contribution < 1.29 is 14.0 Å². The van der Waals surface area contributed by atoms with Gasteiger partial charge >= 0.3 is 0 Å². The molecule has 0 aliphatic carbocycles. The van der Waals surface area contributed by atoms with E-state index >= 15 is 0 Å². The van der Waals surface area contributed by atoms with Gasteiger partial charge in [0.15, 0.2) is 0 Å². The van der Waals surface area contributed by atoms with E-state index in [0.29, 0.717) is 23.6 Å². The molecule has 0 radical (unpaired) electrons. The molecular formula is C28H30ClFN2O2. The van der Waals surface area contributed by atoms with Gasteiger partial charge in [0.2, 0.25) is 11.8 Å². The molecule has 178 valence electrons. The molecule has 0 aliphatic rings. The Kier molecular flexibility index (Phi) is 9.65.